The van der Waals surface area contributed by atoms with Crippen molar-refractivity contribution in [2.45, 2.75) is 51.2 Å². The van der Waals surface area contributed by atoms with Gasteiger partial charge in [0.1, 0.15) is 18.1 Å². The van der Waals surface area contributed by atoms with Gasteiger partial charge in [0, 0.05) is 12.8 Å². The lowest BCUT2D eigenvalue weighted by Crippen LogP contribution is -2.58. The van der Waals surface area contributed by atoms with E-state index in [-0.39, 0.29) is 25.3 Å². The minimum atomic E-state index is -1.18. The lowest BCUT2D eigenvalue weighted by Gasteiger charge is -2.27. The molecule has 2 rings (SSSR count). The van der Waals surface area contributed by atoms with Gasteiger partial charge < -0.3 is 26.8 Å². The predicted octanol–water partition coefficient (Wildman–Crippen LogP) is 1.02. The molecule has 0 saturated carbocycles. The van der Waals surface area contributed by atoms with E-state index in [1.165, 1.54) is 0 Å². The molecule has 0 aliphatic heterocycles. The van der Waals surface area contributed by atoms with Crippen LogP contribution in [0.25, 0.3) is 0 Å². The summed E-state index contributed by atoms with van der Waals surface area (Å²) in [5.74, 6) is -3.04. The molecule has 6 N–H and O–H groups in total. The zero-order valence-corrected chi connectivity index (χ0v) is 20.1. The summed E-state index contributed by atoms with van der Waals surface area (Å²) in [5.41, 5.74) is 6.94. The van der Waals surface area contributed by atoms with Crippen molar-refractivity contribution in [2.75, 3.05) is 6.54 Å². The van der Waals surface area contributed by atoms with E-state index in [2.05, 4.69) is 16.0 Å². The Morgan fingerprint density at radius 2 is 1.29 bits per heavy atom. The lowest BCUT2D eigenvalue weighted by molar-refractivity contribution is -0.142. The number of hydrogen-bond donors (Lipinski definition) is 5. The van der Waals surface area contributed by atoms with Gasteiger partial charge in [-0.3, -0.25) is 14.4 Å². The van der Waals surface area contributed by atoms with Gasteiger partial charge in [0.2, 0.25) is 17.7 Å². The summed E-state index contributed by atoms with van der Waals surface area (Å²) >= 11 is 0. The molecule has 0 spiro atoms. The first-order chi connectivity index (χ1) is 16.7. The largest absolute Gasteiger partial charge is 0.480 e. The molecule has 4 unspecified atom stereocenters. The van der Waals surface area contributed by atoms with Crippen LogP contribution in [0.15, 0.2) is 60.7 Å². The lowest BCUT2D eigenvalue weighted by atomic mass is 9.97. The summed E-state index contributed by atoms with van der Waals surface area (Å²) in [5, 5.41) is 17.6. The molecule has 4 atom stereocenters. The average molecular weight is 483 g/mol. The molecule has 0 saturated heterocycles. The van der Waals surface area contributed by atoms with Crippen LogP contribution in [0.2, 0.25) is 0 Å². The summed E-state index contributed by atoms with van der Waals surface area (Å²) in [6.45, 7) is 3.43. The summed E-state index contributed by atoms with van der Waals surface area (Å²) in [6.07, 6.45) is 0.848. The first-order valence-electron chi connectivity index (χ1n) is 11.7. The second kappa shape index (κ2) is 13.9. The van der Waals surface area contributed by atoms with Crippen molar-refractivity contribution in [3.8, 4) is 0 Å². The SMILES string of the molecule is CCC(C)C(NC(=O)CN)C(=O)NC(Cc1ccccc1)C(=O)NC(Cc1ccccc1)C(=O)O. The standard InChI is InChI=1S/C26H34N4O5/c1-3-17(2)23(30-22(31)16-27)25(33)28-20(14-18-10-6-4-7-11-18)24(32)29-21(26(34)35)15-19-12-8-5-9-13-19/h4-13,17,20-21,23H,3,14-16,27H2,1-2H3,(H,28,33)(H,29,32)(H,30,31)(H,34,35). The Hall–Kier alpha value is -3.72. The molecule has 2 aromatic carbocycles. The third kappa shape index (κ3) is 8.86. The smallest absolute Gasteiger partial charge is 0.326 e. The van der Waals surface area contributed by atoms with Crippen molar-refractivity contribution in [3.63, 3.8) is 0 Å². The van der Waals surface area contributed by atoms with E-state index in [9.17, 15) is 24.3 Å². The third-order valence-corrected chi connectivity index (χ3v) is 5.81. The fraction of sp³-hybridized carbons (Fsp3) is 0.385. The fourth-order valence-corrected chi connectivity index (χ4v) is 3.58. The molecule has 9 heteroatoms. The molecule has 3 amide bonds. The topological polar surface area (TPSA) is 151 Å². The number of nitrogens with two attached hydrogens (primary N) is 1. The van der Waals surface area contributed by atoms with Crippen molar-refractivity contribution >= 4 is 23.7 Å². The van der Waals surface area contributed by atoms with Gasteiger partial charge in [0.15, 0.2) is 0 Å². The Morgan fingerprint density at radius 1 is 0.800 bits per heavy atom. The number of carbonyl (C=O) groups excluding carboxylic acids is 3. The number of aliphatic carboxylic acids is 1. The highest BCUT2D eigenvalue weighted by molar-refractivity contribution is 5.94. The number of hydrogen-bond acceptors (Lipinski definition) is 5. The Morgan fingerprint density at radius 3 is 1.74 bits per heavy atom. The van der Waals surface area contributed by atoms with Crippen molar-refractivity contribution in [1.82, 2.24) is 16.0 Å². The van der Waals surface area contributed by atoms with Gasteiger partial charge in [-0.05, 0) is 17.0 Å². The quantitative estimate of drug-likeness (QED) is 0.288. The van der Waals surface area contributed by atoms with Gasteiger partial charge in [-0.1, -0.05) is 80.9 Å². The predicted molar refractivity (Wildman–Crippen MR) is 132 cm³/mol. The second-order valence-corrected chi connectivity index (χ2v) is 8.47. The number of carboxylic acid groups (broad SMARTS) is 1. The Balaban J connectivity index is 2.24. The van der Waals surface area contributed by atoms with E-state index < -0.39 is 41.8 Å². The minimum Gasteiger partial charge on any atom is -0.480 e. The van der Waals surface area contributed by atoms with Gasteiger partial charge in [-0.25, -0.2) is 4.79 Å². The van der Waals surface area contributed by atoms with E-state index in [4.69, 9.17) is 5.73 Å². The maximum absolute atomic E-state index is 13.2. The molecule has 0 heterocycles. The van der Waals surface area contributed by atoms with E-state index in [0.29, 0.717) is 6.42 Å². The number of amides is 3. The number of carboxylic acids is 1. The van der Waals surface area contributed by atoms with Crippen LogP contribution >= 0.6 is 0 Å². The summed E-state index contributed by atoms with van der Waals surface area (Å²) < 4.78 is 0. The highest BCUT2D eigenvalue weighted by atomic mass is 16.4. The second-order valence-electron chi connectivity index (χ2n) is 8.47. The summed E-state index contributed by atoms with van der Waals surface area (Å²) in [7, 11) is 0. The van der Waals surface area contributed by atoms with Crippen LogP contribution < -0.4 is 21.7 Å². The van der Waals surface area contributed by atoms with Crippen molar-refractivity contribution in [2.24, 2.45) is 11.7 Å². The first kappa shape index (κ1) is 27.5. The summed E-state index contributed by atoms with van der Waals surface area (Å²) in [6, 6.07) is 14.9. The van der Waals surface area contributed by atoms with E-state index in [0.717, 1.165) is 11.1 Å². The van der Waals surface area contributed by atoms with Crippen LogP contribution in [0.5, 0.6) is 0 Å². The Bertz CT molecular complexity index is 984. The van der Waals surface area contributed by atoms with Crippen LogP contribution in [-0.4, -0.2) is 53.5 Å². The highest BCUT2D eigenvalue weighted by Crippen LogP contribution is 2.11. The molecule has 0 aliphatic rings. The molecule has 35 heavy (non-hydrogen) atoms. The van der Waals surface area contributed by atoms with Crippen LogP contribution in [0, 0.1) is 5.92 Å². The average Bonchev–Trinajstić information content (AvgIpc) is 2.86. The van der Waals surface area contributed by atoms with Gasteiger partial charge in [0.25, 0.3) is 0 Å². The molecular formula is C26H34N4O5. The van der Waals surface area contributed by atoms with E-state index in [1.807, 2.05) is 50.2 Å². The molecule has 0 fully saturated rings. The maximum Gasteiger partial charge on any atom is 0.326 e. The molecule has 0 radical (unpaired) electrons. The molecule has 0 bridgehead atoms. The van der Waals surface area contributed by atoms with E-state index >= 15 is 0 Å². The molecule has 2 aromatic rings. The molecular weight excluding hydrogens is 448 g/mol. The number of rotatable bonds is 13. The van der Waals surface area contributed by atoms with Gasteiger partial charge in [-0.15, -0.1) is 0 Å². The molecule has 0 aromatic heterocycles. The van der Waals surface area contributed by atoms with Crippen molar-refractivity contribution in [3.05, 3.63) is 71.8 Å². The van der Waals surface area contributed by atoms with E-state index in [1.54, 1.807) is 24.3 Å². The van der Waals surface area contributed by atoms with Crippen LogP contribution in [-0.2, 0) is 32.0 Å². The van der Waals surface area contributed by atoms with Crippen molar-refractivity contribution < 1.29 is 24.3 Å². The van der Waals surface area contributed by atoms with Crippen LogP contribution in [0.1, 0.15) is 31.4 Å². The van der Waals surface area contributed by atoms with Gasteiger partial charge >= 0.3 is 5.97 Å². The van der Waals surface area contributed by atoms with Gasteiger partial charge in [-0.2, -0.15) is 0 Å². The zero-order valence-electron chi connectivity index (χ0n) is 20.1. The highest BCUT2D eigenvalue weighted by Gasteiger charge is 2.31. The Labute approximate surface area is 205 Å². The maximum atomic E-state index is 13.2. The normalized spacial score (nSPS) is 14.1. The third-order valence-electron chi connectivity index (χ3n) is 5.81. The van der Waals surface area contributed by atoms with Crippen molar-refractivity contribution in [1.29, 1.82) is 0 Å². The summed E-state index contributed by atoms with van der Waals surface area (Å²) in [4.78, 5) is 50.1. The fourth-order valence-electron chi connectivity index (χ4n) is 3.58. The van der Waals surface area contributed by atoms with Gasteiger partial charge in [0.05, 0.1) is 6.54 Å². The number of carbonyl (C=O) groups is 4. The first-order valence-corrected chi connectivity index (χ1v) is 11.7. The van der Waals surface area contributed by atoms with Crippen LogP contribution in [0.4, 0.5) is 0 Å². The molecule has 188 valence electrons. The number of nitrogens with one attached hydrogen (secondary N) is 3. The minimum absolute atomic E-state index is 0.0932. The molecule has 0 aliphatic carbocycles. The monoisotopic (exact) mass is 482 g/mol. The van der Waals surface area contributed by atoms with Crippen LogP contribution in [0.3, 0.4) is 0 Å². The Kier molecular flexibility index (Phi) is 10.9. The molecule has 9 nitrogen and oxygen atoms in total. The zero-order chi connectivity index (χ0) is 25.8. The number of benzene rings is 2.